The summed E-state index contributed by atoms with van der Waals surface area (Å²) in [5.41, 5.74) is 3.10. The molecule has 0 spiro atoms. The summed E-state index contributed by atoms with van der Waals surface area (Å²) in [6, 6.07) is 6.45. The molecule has 0 saturated carbocycles. The largest absolute Gasteiger partial charge is 0.343 e. The molecule has 2 nitrogen and oxygen atoms in total. The molecule has 1 aliphatic rings. The summed E-state index contributed by atoms with van der Waals surface area (Å²) in [5.74, 6) is 0.415. The van der Waals surface area contributed by atoms with Gasteiger partial charge >= 0.3 is 0 Å². The number of rotatable bonds is 1. The van der Waals surface area contributed by atoms with Crippen molar-refractivity contribution in [2.75, 3.05) is 0 Å². The molecule has 98 valence electrons. The maximum Gasteiger partial charge on any atom is 0.139 e. The van der Waals surface area contributed by atoms with Crippen molar-refractivity contribution in [3.05, 3.63) is 46.0 Å². The van der Waals surface area contributed by atoms with Gasteiger partial charge in [-0.1, -0.05) is 30.8 Å². The SMILES string of the molecule is Fc1cccc(-c2nc(=S)c3c([nH]2)CCCCC3)c1. The standard InChI is InChI=1S/C15H15FN2S/c16-11-6-4-5-10(9-11)14-17-13-8-3-1-2-7-12(13)15(19)18-14/h4-6,9H,1-3,7-8H2,(H,17,18,19). The lowest BCUT2D eigenvalue weighted by Crippen LogP contribution is -2.02. The van der Waals surface area contributed by atoms with E-state index in [0.29, 0.717) is 10.5 Å². The second-order valence-corrected chi connectivity index (χ2v) is 5.31. The number of H-pyrrole nitrogens is 1. The molecular formula is C15H15FN2S. The van der Waals surface area contributed by atoms with Crippen LogP contribution in [0.3, 0.4) is 0 Å². The van der Waals surface area contributed by atoms with E-state index in [1.807, 2.05) is 6.07 Å². The van der Waals surface area contributed by atoms with E-state index >= 15 is 0 Å². The number of hydrogen-bond donors (Lipinski definition) is 1. The van der Waals surface area contributed by atoms with Gasteiger partial charge in [0.15, 0.2) is 0 Å². The van der Waals surface area contributed by atoms with Gasteiger partial charge in [0.1, 0.15) is 16.3 Å². The van der Waals surface area contributed by atoms with E-state index < -0.39 is 0 Å². The molecule has 1 aliphatic carbocycles. The molecule has 3 rings (SSSR count). The highest BCUT2D eigenvalue weighted by atomic mass is 32.1. The Bertz CT molecular complexity index is 663. The Kier molecular flexibility index (Phi) is 3.42. The topological polar surface area (TPSA) is 28.7 Å². The van der Waals surface area contributed by atoms with Gasteiger partial charge in [0.05, 0.1) is 0 Å². The molecule has 2 aromatic rings. The Hall–Kier alpha value is -1.55. The van der Waals surface area contributed by atoms with Crippen LogP contribution in [-0.4, -0.2) is 9.97 Å². The van der Waals surface area contributed by atoms with E-state index in [2.05, 4.69) is 9.97 Å². The fourth-order valence-corrected chi connectivity index (χ4v) is 2.89. The minimum absolute atomic E-state index is 0.256. The Labute approximate surface area is 116 Å². The summed E-state index contributed by atoms with van der Waals surface area (Å²) >= 11 is 5.39. The highest BCUT2D eigenvalue weighted by molar-refractivity contribution is 7.71. The summed E-state index contributed by atoms with van der Waals surface area (Å²) in [6.45, 7) is 0. The van der Waals surface area contributed by atoms with E-state index in [0.717, 1.165) is 18.4 Å². The van der Waals surface area contributed by atoms with E-state index in [4.69, 9.17) is 12.2 Å². The molecule has 19 heavy (non-hydrogen) atoms. The van der Waals surface area contributed by atoms with Crippen LogP contribution < -0.4 is 0 Å². The zero-order chi connectivity index (χ0) is 13.2. The van der Waals surface area contributed by atoms with Crippen LogP contribution in [-0.2, 0) is 12.8 Å². The van der Waals surface area contributed by atoms with Crippen LogP contribution in [0.5, 0.6) is 0 Å². The lowest BCUT2D eigenvalue weighted by molar-refractivity contribution is 0.628. The number of hydrogen-bond acceptors (Lipinski definition) is 2. The molecule has 0 bridgehead atoms. The first-order valence-electron chi connectivity index (χ1n) is 6.62. The number of nitrogens with zero attached hydrogens (tertiary/aromatic N) is 1. The van der Waals surface area contributed by atoms with Gasteiger partial charge in [-0.2, -0.15) is 0 Å². The van der Waals surface area contributed by atoms with Gasteiger partial charge in [0.25, 0.3) is 0 Å². The Morgan fingerprint density at radius 3 is 2.84 bits per heavy atom. The zero-order valence-electron chi connectivity index (χ0n) is 10.6. The summed E-state index contributed by atoms with van der Waals surface area (Å²) in [7, 11) is 0. The molecule has 1 N–H and O–H groups in total. The number of fused-ring (bicyclic) bond motifs is 1. The molecule has 0 amide bonds. The van der Waals surface area contributed by atoms with Crippen molar-refractivity contribution in [2.24, 2.45) is 0 Å². The lowest BCUT2D eigenvalue weighted by Gasteiger charge is -2.09. The van der Waals surface area contributed by atoms with Crippen LogP contribution in [0.1, 0.15) is 30.5 Å². The first-order valence-corrected chi connectivity index (χ1v) is 7.03. The van der Waals surface area contributed by atoms with Crippen LogP contribution in [0.25, 0.3) is 11.4 Å². The quantitative estimate of drug-likeness (QED) is 0.623. The second kappa shape index (κ2) is 5.21. The van der Waals surface area contributed by atoms with Gasteiger partial charge in [-0.25, -0.2) is 9.37 Å². The third-order valence-electron chi connectivity index (χ3n) is 3.56. The number of benzene rings is 1. The van der Waals surface area contributed by atoms with Gasteiger partial charge in [-0.05, 0) is 37.8 Å². The number of halogens is 1. The van der Waals surface area contributed by atoms with Gasteiger partial charge in [0, 0.05) is 16.8 Å². The molecule has 0 aliphatic heterocycles. The highest BCUT2D eigenvalue weighted by Gasteiger charge is 2.13. The minimum Gasteiger partial charge on any atom is -0.343 e. The average molecular weight is 274 g/mol. The normalized spacial score (nSPS) is 14.8. The molecular weight excluding hydrogens is 259 g/mol. The molecule has 0 saturated heterocycles. The van der Waals surface area contributed by atoms with E-state index in [1.165, 1.54) is 42.7 Å². The Morgan fingerprint density at radius 2 is 2.00 bits per heavy atom. The van der Waals surface area contributed by atoms with Crippen LogP contribution in [0.4, 0.5) is 4.39 Å². The molecule has 0 radical (unpaired) electrons. The maximum atomic E-state index is 13.3. The third-order valence-corrected chi connectivity index (χ3v) is 3.89. The monoisotopic (exact) mass is 274 g/mol. The highest BCUT2D eigenvalue weighted by Crippen LogP contribution is 2.23. The van der Waals surface area contributed by atoms with Gasteiger partial charge in [-0.3, -0.25) is 0 Å². The van der Waals surface area contributed by atoms with Crippen molar-refractivity contribution in [1.82, 2.24) is 9.97 Å². The van der Waals surface area contributed by atoms with Crippen molar-refractivity contribution in [3.63, 3.8) is 0 Å². The number of nitrogens with one attached hydrogen (secondary N) is 1. The predicted molar refractivity (Wildman–Crippen MR) is 76.1 cm³/mol. The minimum atomic E-state index is -0.256. The number of aromatic nitrogens is 2. The first kappa shape index (κ1) is 12.5. The van der Waals surface area contributed by atoms with E-state index in [9.17, 15) is 4.39 Å². The van der Waals surface area contributed by atoms with Crippen LogP contribution in [0.15, 0.2) is 24.3 Å². The Morgan fingerprint density at radius 1 is 1.16 bits per heavy atom. The van der Waals surface area contributed by atoms with Crippen molar-refractivity contribution in [1.29, 1.82) is 0 Å². The predicted octanol–water partition coefficient (Wildman–Crippen LogP) is 4.21. The van der Waals surface area contributed by atoms with Gasteiger partial charge in [0.2, 0.25) is 0 Å². The van der Waals surface area contributed by atoms with Crippen molar-refractivity contribution in [2.45, 2.75) is 32.1 Å². The van der Waals surface area contributed by atoms with Crippen LogP contribution in [0.2, 0.25) is 0 Å². The average Bonchev–Trinajstić information content (AvgIpc) is 2.64. The fraction of sp³-hybridized carbons (Fsp3) is 0.333. The summed E-state index contributed by atoms with van der Waals surface area (Å²) in [4.78, 5) is 7.78. The maximum absolute atomic E-state index is 13.3. The number of aryl methyl sites for hydroxylation is 1. The van der Waals surface area contributed by atoms with Gasteiger partial charge < -0.3 is 4.98 Å². The molecule has 0 atom stereocenters. The second-order valence-electron chi connectivity index (χ2n) is 4.92. The van der Waals surface area contributed by atoms with Crippen LogP contribution >= 0.6 is 12.2 Å². The third kappa shape index (κ3) is 2.59. The number of aromatic amines is 1. The van der Waals surface area contributed by atoms with Crippen molar-refractivity contribution in [3.8, 4) is 11.4 Å². The molecule has 1 heterocycles. The van der Waals surface area contributed by atoms with Crippen molar-refractivity contribution >= 4 is 12.2 Å². The summed E-state index contributed by atoms with van der Waals surface area (Å²) in [5, 5.41) is 0. The van der Waals surface area contributed by atoms with E-state index in [-0.39, 0.29) is 5.82 Å². The van der Waals surface area contributed by atoms with Gasteiger partial charge in [-0.15, -0.1) is 0 Å². The smallest absolute Gasteiger partial charge is 0.139 e. The lowest BCUT2D eigenvalue weighted by atomic mass is 10.1. The zero-order valence-corrected chi connectivity index (χ0v) is 11.4. The van der Waals surface area contributed by atoms with Crippen LogP contribution in [0, 0.1) is 10.5 Å². The summed E-state index contributed by atoms with van der Waals surface area (Å²) < 4.78 is 14.0. The van der Waals surface area contributed by atoms with Crippen molar-refractivity contribution < 1.29 is 4.39 Å². The molecule has 1 aromatic carbocycles. The molecule has 4 heteroatoms. The molecule has 0 unspecified atom stereocenters. The first-order chi connectivity index (χ1) is 9.24. The van der Waals surface area contributed by atoms with E-state index in [1.54, 1.807) is 6.07 Å². The Balaban J connectivity index is 2.11. The molecule has 1 aromatic heterocycles. The summed E-state index contributed by atoms with van der Waals surface area (Å²) in [6.07, 6.45) is 5.58. The fourth-order valence-electron chi connectivity index (χ4n) is 2.57. The molecule has 0 fully saturated rings.